The summed E-state index contributed by atoms with van der Waals surface area (Å²) >= 11 is 0. The number of rotatable bonds is 2. The van der Waals surface area contributed by atoms with Crippen molar-refractivity contribution in [3.63, 3.8) is 0 Å². The van der Waals surface area contributed by atoms with Gasteiger partial charge in [0.1, 0.15) is 11.0 Å². The van der Waals surface area contributed by atoms with Crippen LogP contribution in [0.5, 0.6) is 0 Å². The number of hydrogen-bond acceptors (Lipinski definition) is 4. The third-order valence-corrected chi connectivity index (χ3v) is 5.29. The smallest absolute Gasteiger partial charge is 0.284 e. The molecule has 0 aliphatic heterocycles. The van der Waals surface area contributed by atoms with Gasteiger partial charge in [0.15, 0.2) is 0 Å². The Morgan fingerprint density at radius 1 is 0.929 bits per heavy atom. The van der Waals surface area contributed by atoms with Gasteiger partial charge in [-0.1, -0.05) is 48.5 Å². The summed E-state index contributed by atoms with van der Waals surface area (Å²) in [6.07, 6.45) is 4.03. The molecule has 0 atom stereocenters. The summed E-state index contributed by atoms with van der Waals surface area (Å²) in [5.74, 6) is 0. The summed E-state index contributed by atoms with van der Waals surface area (Å²) in [7, 11) is 0. The summed E-state index contributed by atoms with van der Waals surface area (Å²) in [5, 5.41) is 14.8. The predicted octanol–water partition coefficient (Wildman–Crippen LogP) is 4.67. The normalized spacial score (nSPS) is 14.1. The Morgan fingerprint density at radius 3 is 2.43 bits per heavy atom. The molecule has 0 unspecified atom stereocenters. The van der Waals surface area contributed by atoms with Crippen LogP contribution in [-0.4, -0.2) is 10.4 Å². The molecule has 1 saturated carbocycles. The molecule has 1 aliphatic carbocycles. The summed E-state index contributed by atoms with van der Waals surface area (Å²) < 4.78 is 7.09. The van der Waals surface area contributed by atoms with Gasteiger partial charge in [-0.25, -0.2) is 0 Å². The summed E-state index contributed by atoms with van der Waals surface area (Å²) in [6, 6.07) is 19.3. The second-order valence-electron chi connectivity index (χ2n) is 7.10. The Kier molecular flexibility index (Phi) is 3.93. The van der Waals surface area contributed by atoms with Gasteiger partial charge in [-0.15, -0.1) is 0 Å². The molecule has 1 aliphatic rings. The molecule has 0 bridgehead atoms. The standard InChI is InChI=1S/C23H19N3O2/c24-22-21-18(17-12-6-7-13-20(17)28-22)14-19(15-8-2-1-3-9-15)26(23(21)27)25-16-10-4-5-11-16/h1-3,6-9,12-14,24H,4-5,10-11H2. The molecule has 2 heterocycles. The first-order chi connectivity index (χ1) is 13.7. The lowest BCUT2D eigenvalue weighted by Crippen LogP contribution is -2.24. The number of nitrogens with one attached hydrogen (secondary N) is 1. The molecule has 1 fully saturated rings. The van der Waals surface area contributed by atoms with E-state index in [1.807, 2.05) is 60.7 Å². The fourth-order valence-corrected chi connectivity index (χ4v) is 3.91. The van der Waals surface area contributed by atoms with Crippen LogP contribution < -0.4 is 11.1 Å². The van der Waals surface area contributed by atoms with Crippen molar-refractivity contribution in [2.75, 3.05) is 0 Å². The van der Waals surface area contributed by atoms with Crippen LogP contribution in [0, 0.1) is 5.41 Å². The van der Waals surface area contributed by atoms with Crippen LogP contribution in [-0.2, 0) is 0 Å². The molecular weight excluding hydrogens is 350 g/mol. The minimum atomic E-state index is -0.310. The van der Waals surface area contributed by atoms with E-state index in [0.717, 1.165) is 53.4 Å². The molecule has 28 heavy (non-hydrogen) atoms. The topological polar surface area (TPSA) is 71.3 Å². The monoisotopic (exact) mass is 369 g/mol. The van der Waals surface area contributed by atoms with E-state index in [1.165, 1.54) is 4.68 Å². The van der Waals surface area contributed by atoms with Gasteiger partial charge in [0, 0.05) is 22.0 Å². The molecular formula is C23H19N3O2. The highest BCUT2D eigenvalue weighted by molar-refractivity contribution is 6.05. The van der Waals surface area contributed by atoms with E-state index in [-0.39, 0.29) is 16.5 Å². The number of pyridine rings is 1. The molecule has 4 aromatic rings. The summed E-state index contributed by atoms with van der Waals surface area (Å²) in [5.41, 5.74) is 2.84. The van der Waals surface area contributed by atoms with Crippen molar-refractivity contribution in [3.8, 4) is 11.3 Å². The molecule has 5 heteroatoms. The Bertz CT molecular complexity index is 1340. The third-order valence-electron chi connectivity index (χ3n) is 5.29. The maximum atomic E-state index is 13.5. The number of aromatic nitrogens is 1. The van der Waals surface area contributed by atoms with Crippen LogP contribution in [0.4, 0.5) is 0 Å². The van der Waals surface area contributed by atoms with Gasteiger partial charge in [0.05, 0.1) is 5.69 Å². The van der Waals surface area contributed by atoms with Gasteiger partial charge in [0.2, 0.25) is 5.55 Å². The maximum absolute atomic E-state index is 13.5. The lowest BCUT2D eigenvalue weighted by atomic mass is 10.0. The average molecular weight is 369 g/mol. The second-order valence-corrected chi connectivity index (χ2v) is 7.10. The molecule has 138 valence electrons. The van der Waals surface area contributed by atoms with E-state index in [4.69, 9.17) is 14.9 Å². The van der Waals surface area contributed by atoms with Crippen molar-refractivity contribution in [2.45, 2.75) is 25.7 Å². The van der Waals surface area contributed by atoms with Crippen molar-refractivity contribution >= 4 is 27.5 Å². The van der Waals surface area contributed by atoms with E-state index >= 15 is 0 Å². The minimum Gasteiger partial charge on any atom is -0.438 e. The van der Waals surface area contributed by atoms with Crippen LogP contribution in [0.25, 0.3) is 33.0 Å². The van der Waals surface area contributed by atoms with E-state index in [1.54, 1.807) is 0 Å². The summed E-state index contributed by atoms with van der Waals surface area (Å²) in [6.45, 7) is 0. The average Bonchev–Trinajstić information content (AvgIpc) is 3.23. The zero-order valence-corrected chi connectivity index (χ0v) is 15.3. The Morgan fingerprint density at radius 2 is 1.64 bits per heavy atom. The molecule has 0 spiro atoms. The number of fused-ring (bicyclic) bond motifs is 3. The first-order valence-corrected chi connectivity index (χ1v) is 9.51. The lowest BCUT2D eigenvalue weighted by Gasteiger charge is -2.12. The van der Waals surface area contributed by atoms with E-state index in [0.29, 0.717) is 5.58 Å². The minimum absolute atomic E-state index is 0.126. The molecule has 5 nitrogen and oxygen atoms in total. The molecule has 0 radical (unpaired) electrons. The number of benzene rings is 2. The Labute approximate surface area is 161 Å². The number of hydrogen-bond donors (Lipinski definition) is 1. The van der Waals surface area contributed by atoms with Crippen molar-refractivity contribution in [3.05, 3.63) is 76.6 Å². The predicted molar refractivity (Wildman–Crippen MR) is 111 cm³/mol. The van der Waals surface area contributed by atoms with E-state index in [9.17, 15) is 4.79 Å². The van der Waals surface area contributed by atoms with Gasteiger partial charge >= 0.3 is 0 Å². The van der Waals surface area contributed by atoms with Crippen molar-refractivity contribution in [2.24, 2.45) is 5.10 Å². The highest BCUT2D eigenvalue weighted by Gasteiger charge is 2.17. The first-order valence-electron chi connectivity index (χ1n) is 9.51. The van der Waals surface area contributed by atoms with E-state index < -0.39 is 0 Å². The van der Waals surface area contributed by atoms with Gasteiger partial charge < -0.3 is 4.42 Å². The summed E-state index contributed by atoms with van der Waals surface area (Å²) in [4.78, 5) is 13.5. The molecule has 2 aromatic heterocycles. The highest BCUT2D eigenvalue weighted by Crippen LogP contribution is 2.27. The van der Waals surface area contributed by atoms with Crippen LogP contribution >= 0.6 is 0 Å². The van der Waals surface area contributed by atoms with Crippen LogP contribution in [0.2, 0.25) is 0 Å². The van der Waals surface area contributed by atoms with Gasteiger partial charge in [-0.3, -0.25) is 10.2 Å². The van der Waals surface area contributed by atoms with E-state index in [2.05, 4.69) is 0 Å². The van der Waals surface area contributed by atoms with Crippen molar-refractivity contribution in [1.29, 1.82) is 5.41 Å². The zero-order valence-electron chi connectivity index (χ0n) is 15.3. The number of para-hydroxylation sites is 1. The SMILES string of the molecule is N=c1oc2ccccc2c2cc(-c3ccccc3)n(N=C3CCCC3)c(=O)c12. The van der Waals surface area contributed by atoms with Crippen LogP contribution in [0.15, 0.2) is 75.0 Å². The first kappa shape index (κ1) is 16.7. The molecule has 1 N–H and O–H groups in total. The molecule has 0 amide bonds. The van der Waals surface area contributed by atoms with Crippen molar-refractivity contribution < 1.29 is 4.42 Å². The fraction of sp³-hybridized carbons (Fsp3) is 0.174. The third kappa shape index (κ3) is 2.67. The Hall–Kier alpha value is -3.47. The molecule has 2 aromatic carbocycles. The quantitative estimate of drug-likeness (QED) is 0.522. The molecule has 5 rings (SSSR count). The van der Waals surface area contributed by atoms with Crippen LogP contribution in [0.3, 0.4) is 0 Å². The Balaban J connectivity index is 1.94. The highest BCUT2D eigenvalue weighted by atomic mass is 16.3. The fourth-order valence-electron chi connectivity index (χ4n) is 3.91. The molecule has 0 saturated heterocycles. The second kappa shape index (κ2) is 6.60. The van der Waals surface area contributed by atoms with Crippen molar-refractivity contribution in [1.82, 2.24) is 4.68 Å². The number of nitrogens with zero attached hydrogens (tertiary/aromatic N) is 2. The van der Waals surface area contributed by atoms with Gasteiger partial charge in [-0.05, 0) is 37.8 Å². The zero-order chi connectivity index (χ0) is 19.1. The van der Waals surface area contributed by atoms with Gasteiger partial charge in [-0.2, -0.15) is 9.78 Å². The van der Waals surface area contributed by atoms with Crippen LogP contribution in [0.1, 0.15) is 25.7 Å². The maximum Gasteiger partial charge on any atom is 0.284 e. The lowest BCUT2D eigenvalue weighted by molar-refractivity contribution is 0.541. The van der Waals surface area contributed by atoms with Gasteiger partial charge in [0.25, 0.3) is 5.56 Å². The largest absolute Gasteiger partial charge is 0.438 e.